The van der Waals surface area contributed by atoms with Crippen LogP contribution < -0.4 is 10.9 Å². The lowest BCUT2D eigenvalue weighted by molar-refractivity contribution is 0.0950. The highest BCUT2D eigenvalue weighted by molar-refractivity contribution is 5.93. The maximum Gasteiger partial charge on any atom is 0.260 e. The molecule has 0 saturated heterocycles. The fraction of sp³-hybridized carbons (Fsp3) is 0.538. The van der Waals surface area contributed by atoms with Crippen LogP contribution in [-0.4, -0.2) is 29.1 Å². The van der Waals surface area contributed by atoms with Gasteiger partial charge < -0.3 is 15.4 Å². The van der Waals surface area contributed by atoms with E-state index in [1.54, 1.807) is 13.0 Å². The molecular formula is C13H20N2O3. The number of aromatic amines is 1. The molecule has 0 spiro atoms. The number of carbonyl (C=O) groups is 1. The minimum atomic E-state index is -0.365. The van der Waals surface area contributed by atoms with Gasteiger partial charge in [0.1, 0.15) is 5.56 Å². The van der Waals surface area contributed by atoms with Crippen LogP contribution in [0.3, 0.4) is 0 Å². The van der Waals surface area contributed by atoms with Crippen molar-refractivity contribution in [1.82, 2.24) is 10.3 Å². The van der Waals surface area contributed by atoms with E-state index in [9.17, 15) is 9.59 Å². The van der Waals surface area contributed by atoms with Gasteiger partial charge in [-0.05, 0) is 37.8 Å². The van der Waals surface area contributed by atoms with Crippen molar-refractivity contribution >= 4 is 5.91 Å². The fourth-order valence-corrected chi connectivity index (χ4v) is 1.59. The van der Waals surface area contributed by atoms with E-state index in [0.29, 0.717) is 6.54 Å². The molecule has 5 heteroatoms. The van der Waals surface area contributed by atoms with Gasteiger partial charge in [-0.25, -0.2) is 0 Å². The molecule has 0 aliphatic heterocycles. The number of aliphatic hydroxyl groups is 1. The van der Waals surface area contributed by atoms with Gasteiger partial charge in [0.05, 0.1) is 0 Å². The molecular weight excluding hydrogens is 232 g/mol. The van der Waals surface area contributed by atoms with E-state index in [-0.39, 0.29) is 29.6 Å². The number of aromatic nitrogens is 1. The van der Waals surface area contributed by atoms with Crippen LogP contribution in [0, 0.1) is 12.8 Å². The second-order valence-electron chi connectivity index (χ2n) is 4.57. The molecule has 0 saturated carbocycles. The fourth-order valence-electron chi connectivity index (χ4n) is 1.59. The molecule has 0 radical (unpaired) electrons. The predicted molar refractivity (Wildman–Crippen MR) is 69.6 cm³/mol. The summed E-state index contributed by atoms with van der Waals surface area (Å²) in [5.41, 5.74) is 0.500. The Hall–Kier alpha value is -1.62. The van der Waals surface area contributed by atoms with E-state index < -0.39 is 0 Å². The highest BCUT2D eigenvalue weighted by atomic mass is 16.3. The maximum absolute atomic E-state index is 11.7. The molecule has 0 fully saturated rings. The number of hydrogen-bond acceptors (Lipinski definition) is 3. The SMILES string of the molecule is Cc1ccc(C(=O)NCCCC(C)CO)c(=O)[nH]1. The molecule has 3 N–H and O–H groups in total. The molecule has 5 nitrogen and oxygen atoms in total. The highest BCUT2D eigenvalue weighted by Gasteiger charge is 2.09. The summed E-state index contributed by atoms with van der Waals surface area (Å²) >= 11 is 0. The molecule has 1 heterocycles. The topological polar surface area (TPSA) is 82.2 Å². The van der Waals surface area contributed by atoms with Crippen LogP contribution in [-0.2, 0) is 0 Å². The second kappa shape index (κ2) is 6.96. The lowest BCUT2D eigenvalue weighted by Gasteiger charge is -2.08. The maximum atomic E-state index is 11.7. The Kier molecular flexibility index (Phi) is 5.58. The first-order valence-corrected chi connectivity index (χ1v) is 6.13. The minimum absolute atomic E-state index is 0.135. The summed E-state index contributed by atoms with van der Waals surface area (Å²) in [6.45, 7) is 4.38. The van der Waals surface area contributed by atoms with Crippen molar-refractivity contribution in [2.75, 3.05) is 13.2 Å². The van der Waals surface area contributed by atoms with Crippen LogP contribution in [0.2, 0.25) is 0 Å². The normalized spacial score (nSPS) is 12.2. The zero-order chi connectivity index (χ0) is 13.5. The Morgan fingerprint density at radius 1 is 1.50 bits per heavy atom. The molecule has 1 amide bonds. The van der Waals surface area contributed by atoms with Crippen molar-refractivity contribution < 1.29 is 9.90 Å². The summed E-state index contributed by atoms with van der Waals surface area (Å²) < 4.78 is 0. The Bertz CT molecular complexity index is 454. The first kappa shape index (κ1) is 14.4. The third-order valence-corrected chi connectivity index (χ3v) is 2.77. The average Bonchev–Trinajstić information content (AvgIpc) is 2.34. The molecule has 0 bridgehead atoms. The molecule has 18 heavy (non-hydrogen) atoms. The van der Waals surface area contributed by atoms with Crippen LogP contribution in [0.5, 0.6) is 0 Å². The van der Waals surface area contributed by atoms with Gasteiger partial charge >= 0.3 is 0 Å². The van der Waals surface area contributed by atoms with Crippen molar-refractivity contribution in [3.05, 3.63) is 33.7 Å². The van der Waals surface area contributed by atoms with Crippen molar-refractivity contribution in [2.45, 2.75) is 26.7 Å². The molecule has 1 atom stereocenters. The molecule has 1 aromatic heterocycles. The summed E-state index contributed by atoms with van der Waals surface area (Å²) in [5.74, 6) is -0.113. The number of amides is 1. The number of nitrogens with one attached hydrogen (secondary N) is 2. The number of hydrogen-bond donors (Lipinski definition) is 3. The largest absolute Gasteiger partial charge is 0.396 e. The molecule has 1 aromatic rings. The zero-order valence-electron chi connectivity index (χ0n) is 10.8. The van der Waals surface area contributed by atoms with E-state index in [1.807, 2.05) is 6.92 Å². The lowest BCUT2D eigenvalue weighted by atomic mass is 10.1. The first-order chi connectivity index (χ1) is 8.54. The number of aryl methyl sites for hydroxylation is 1. The summed E-state index contributed by atoms with van der Waals surface area (Å²) in [6.07, 6.45) is 1.64. The monoisotopic (exact) mass is 252 g/mol. The Morgan fingerprint density at radius 2 is 2.22 bits per heavy atom. The van der Waals surface area contributed by atoms with Crippen molar-refractivity contribution in [2.24, 2.45) is 5.92 Å². The molecule has 0 aliphatic rings. The predicted octanol–water partition coefficient (Wildman–Crippen LogP) is 0.822. The summed E-state index contributed by atoms with van der Waals surface area (Å²) in [7, 11) is 0. The van der Waals surface area contributed by atoms with Gasteiger partial charge in [-0.2, -0.15) is 0 Å². The third-order valence-electron chi connectivity index (χ3n) is 2.77. The summed E-state index contributed by atoms with van der Waals surface area (Å²) in [5, 5.41) is 11.5. The molecule has 0 aliphatic carbocycles. The number of rotatable bonds is 6. The molecule has 1 unspecified atom stereocenters. The van der Waals surface area contributed by atoms with Crippen molar-refractivity contribution in [1.29, 1.82) is 0 Å². The summed E-state index contributed by atoms with van der Waals surface area (Å²) in [4.78, 5) is 25.8. The number of aliphatic hydroxyl groups excluding tert-OH is 1. The van der Waals surface area contributed by atoms with Crippen LogP contribution in [0.4, 0.5) is 0 Å². The average molecular weight is 252 g/mol. The Labute approximate surface area is 106 Å². The Balaban J connectivity index is 2.44. The van der Waals surface area contributed by atoms with Crippen LogP contribution in [0.1, 0.15) is 35.8 Å². The van der Waals surface area contributed by atoms with E-state index in [2.05, 4.69) is 10.3 Å². The minimum Gasteiger partial charge on any atom is -0.396 e. The molecule has 1 rings (SSSR count). The first-order valence-electron chi connectivity index (χ1n) is 6.13. The van der Waals surface area contributed by atoms with Crippen molar-refractivity contribution in [3.8, 4) is 0 Å². The van der Waals surface area contributed by atoms with Gasteiger partial charge in [-0.15, -0.1) is 0 Å². The van der Waals surface area contributed by atoms with Gasteiger partial charge in [0, 0.05) is 18.8 Å². The van der Waals surface area contributed by atoms with E-state index >= 15 is 0 Å². The van der Waals surface area contributed by atoms with E-state index in [0.717, 1.165) is 18.5 Å². The quantitative estimate of drug-likeness (QED) is 0.656. The summed E-state index contributed by atoms with van der Waals surface area (Å²) in [6, 6.07) is 3.23. The Morgan fingerprint density at radius 3 is 2.83 bits per heavy atom. The van der Waals surface area contributed by atoms with Gasteiger partial charge in [0.25, 0.3) is 11.5 Å². The van der Waals surface area contributed by atoms with Gasteiger partial charge in [0.2, 0.25) is 0 Å². The highest BCUT2D eigenvalue weighted by Crippen LogP contribution is 2.02. The second-order valence-corrected chi connectivity index (χ2v) is 4.57. The van der Waals surface area contributed by atoms with Gasteiger partial charge in [-0.1, -0.05) is 6.92 Å². The van der Waals surface area contributed by atoms with Crippen molar-refractivity contribution in [3.63, 3.8) is 0 Å². The number of carbonyl (C=O) groups excluding carboxylic acids is 1. The zero-order valence-corrected chi connectivity index (χ0v) is 10.8. The van der Waals surface area contributed by atoms with Crippen LogP contribution in [0.15, 0.2) is 16.9 Å². The smallest absolute Gasteiger partial charge is 0.260 e. The molecule has 0 aromatic carbocycles. The van der Waals surface area contributed by atoms with Gasteiger partial charge in [0.15, 0.2) is 0 Å². The third kappa shape index (κ3) is 4.33. The van der Waals surface area contributed by atoms with Gasteiger partial charge in [-0.3, -0.25) is 9.59 Å². The van der Waals surface area contributed by atoms with Crippen LogP contribution >= 0.6 is 0 Å². The van der Waals surface area contributed by atoms with E-state index in [1.165, 1.54) is 6.07 Å². The lowest BCUT2D eigenvalue weighted by Crippen LogP contribution is -2.30. The van der Waals surface area contributed by atoms with Crippen LogP contribution in [0.25, 0.3) is 0 Å². The number of H-pyrrole nitrogens is 1. The standard InChI is InChI=1S/C13H20N2O3/c1-9(8-16)4-3-7-14-12(17)11-6-5-10(2)15-13(11)18/h5-6,9,16H,3-4,7-8H2,1-2H3,(H,14,17)(H,15,18). The van der Waals surface area contributed by atoms with E-state index in [4.69, 9.17) is 5.11 Å². The molecule has 100 valence electrons. The number of pyridine rings is 1.